The van der Waals surface area contributed by atoms with E-state index in [1.807, 2.05) is 55.5 Å². The number of hydrogen-bond donors (Lipinski definition) is 1. The van der Waals surface area contributed by atoms with Crippen LogP contribution in [-0.4, -0.2) is 22.7 Å². The number of aromatic nitrogens is 2. The molecule has 1 N–H and O–H groups in total. The van der Waals surface area contributed by atoms with Crippen molar-refractivity contribution < 1.29 is 9.53 Å². The monoisotopic (exact) mass is 353 g/mol. The maximum absolute atomic E-state index is 12.0. The first-order valence-corrected chi connectivity index (χ1v) is 8.88. The Labute approximate surface area is 150 Å². The van der Waals surface area contributed by atoms with Gasteiger partial charge in [0.05, 0.1) is 0 Å². The second-order valence-corrected chi connectivity index (χ2v) is 6.59. The number of benzene rings is 2. The fraction of sp³-hybridized carbons (Fsp3) is 0.211. The van der Waals surface area contributed by atoms with Gasteiger partial charge in [-0.05, 0) is 31.0 Å². The summed E-state index contributed by atoms with van der Waals surface area (Å²) in [7, 11) is 0. The Hall–Kier alpha value is -2.73. The van der Waals surface area contributed by atoms with Gasteiger partial charge in [0.15, 0.2) is 6.61 Å². The van der Waals surface area contributed by atoms with Crippen LogP contribution in [0.3, 0.4) is 0 Å². The number of nitrogens with one attached hydrogen (secondary N) is 1. The molecular weight excluding hydrogens is 334 g/mol. The normalized spacial score (nSPS) is 10.5. The second-order valence-electron chi connectivity index (χ2n) is 5.61. The summed E-state index contributed by atoms with van der Waals surface area (Å²) in [4.78, 5) is 12.0. The third-order valence-corrected chi connectivity index (χ3v) is 4.56. The molecule has 0 atom stereocenters. The van der Waals surface area contributed by atoms with E-state index in [1.54, 1.807) is 0 Å². The van der Waals surface area contributed by atoms with Crippen LogP contribution in [0.5, 0.6) is 5.75 Å². The molecule has 3 rings (SSSR count). The van der Waals surface area contributed by atoms with Gasteiger partial charge in [0.25, 0.3) is 5.91 Å². The zero-order valence-electron chi connectivity index (χ0n) is 14.2. The Kier molecular flexibility index (Phi) is 5.40. The minimum Gasteiger partial charge on any atom is -0.484 e. The van der Waals surface area contributed by atoms with Crippen LogP contribution in [0.1, 0.15) is 18.1 Å². The lowest BCUT2D eigenvalue weighted by Crippen LogP contribution is -2.20. The molecule has 0 fully saturated rings. The van der Waals surface area contributed by atoms with Crippen LogP contribution in [0, 0.1) is 6.92 Å². The zero-order chi connectivity index (χ0) is 17.6. The standard InChI is InChI=1S/C19H19N3O2S/c1-3-14-6-10-16(11-7-14)24-12-17(23)20-19-22-21-18(25-19)15-8-4-13(2)5-9-15/h4-11H,3,12H2,1-2H3,(H,20,22,23). The van der Waals surface area contributed by atoms with Crippen molar-refractivity contribution in [3.8, 4) is 16.3 Å². The molecule has 5 nitrogen and oxygen atoms in total. The van der Waals surface area contributed by atoms with E-state index in [4.69, 9.17) is 4.74 Å². The third-order valence-electron chi connectivity index (χ3n) is 3.67. The maximum Gasteiger partial charge on any atom is 0.264 e. The van der Waals surface area contributed by atoms with E-state index in [0.29, 0.717) is 10.9 Å². The lowest BCUT2D eigenvalue weighted by atomic mass is 10.2. The van der Waals surface area contributed by atoms with Crippen molar-refractivity contribution in [1.82, 2.24) is 10.2 Å². The zero-order valence-corrected chi connectivity index (χ0v) is 15.0. The molecule has 128 valence electrons. The molecule has 0 unspecified atom stereocenters. The van der Waals surface area contributed by atoms with E-state index in [1.165, 1.54) is 22.5 Å². The predicted molar refractivity (Wildman–Crippen MR) is 100 cm³/mol. The predicted octanol–water partition coefficient (Wildman–Crippen LogP) is 4.09. The van der Waals surface area contributed by atoms with Gasteiger partial charge in [0, 0.05) is 5.56 Å². The van der Waals surface area contributed by atoms with Crippen molar-refractivity contribution >= 4 is 22.4 Å². The fourth-order valence-electron chi connectivity index (χ4n) is 2.21. The molecule has 2 aromatic carbocycles. The van der Waals surface area contributed by atoms with E-state index in [2.05, 4.69) is 22.4 Å². The number of carbonyl (C=O) groups excluding carboxylic acids is 1. The lowest BCUT2D eigenvalue weighted by molar-refractivity contribution is -0.118. The van der Waals surface area contributed by atoms with Crippen molar-refractivity contribution in [1.29, 1.82) is 0 Å². The van der Waals surface area contributed by atoms with Gasteiger partial charge in [-0.15, -0.1) is 10.2 Å². The van der Waals surface area contributed by atoms with Crippen LogP contribution < -0.4 is 10.1 Å². The molecule has 1 aromatic heterocycles. The summed E-state index contributed by atoms with van der Waals surface area (Å²) in [6.45, 7) is 4.06. The molecule has 0 saturated heterocycles. The van der Waals surface area contributed by atoms with Crippen molar-refractivity contribution in [2.75, 3.05) is 11.9 Å². The molecule has 0 aliphatic rings. The lowest BCUT2D eigenvalue weighted by Gasteiger charge is -2.06. The molecule has 0 aliphatic heterocycles. The highest BCUT2D eigenvalue weighted by Gasteiger charge is 2.10. The third kappa shape index (κ3) is 4.64. The topological polar surface area (TPSA) is 64.1 Å². The first-order valence-electron chi connectivity index (χ1n) is 8.06. The molecule has 0 saturated carbocycles. The molecule has 0 spiro atoms. The van der Waals surface area contributed by atoms with Crippen LogP contribution in [0.15, 0.2) is 48.5 Å². The molecule has 1 heterocycles. The van der Waals surface area contributed by atoms with Crippen LogP contribution in [0.25, 0.3) is 10.6 Å². The Bertz CT molecular complexity index is 842. The highest BCUT2D eigenvalue weighted by molar-refractivity contribution is 7.18. The van der Waals surface area contributed by atoms with E-state index in [-0.39, 0.29) is 12.5 Å². The van der Waals surface area contributed by atoms with Crippen LogP contribution >= 0.6 is 11.3 Å². The molecule has 1 amide bonds. The molecule has 6 heteroatoms. The first kappa shape index (κ1) is 17.1. The summed E-state index contributed by atoms with van der Waals surface area (Å²) < 4.78 is 5.49. The molecule has 0 bridgehead atoms. The average molecular weight is 353 g/mol. The smallest absolute Gasteiger partial charge is 0.264 e. The molecular formula is C19H19N3O2S. The number of ether oxygens (including phenoxy) is 1. The van der Waals surface area contributed by atoms with Gasteiger partial charge in [-0.2, -0.15) is 0 Å². The number of rotatable bonds is 6. The second kappa shape index (κ2) is 7.90. The summed E-state index contributed by atoms with van der Waals surface area (Å²) in [5.41, 5.74) is 3.40. The highest BCUT2D eigenvalue weighted by Crippen LogP contribution is 2.26. The molecule has 0 aliphatic carbocycles. The Morgan fingerprint density at radius 1 is 1.08 bits per heavy atom. The minimum absolute atomic E-state index is 0.0646. The minimum atomic E-state index is -0.258. The van der Waals surface area contributed by atoms with Crippen LogP contribution in [-0.2, 0) is 11.2 Å². The highest BCUT2D eigenvalue weighted by atomic mass is 32.1. The summed E-state index contributed by atoms with van der Waals surface area (Å²) in [6.07, 6.45) is 0.973. The SMILES string of the molecule is CCc1ccc(OCC(=O)Nc2nnc(-c3ccc(C)cc3)s2)cc1. The van der Waals surface area contributed by atoms with Gasteiger partial charge in [-0.25, -0.2) is 0 Å². The number of nitrogens with zero attached hydrogens (tertiary/aromatic N) is 2. The largest absolute Gasteiger partial charge is 0.484 e. The Morgan fingerprint density at radius 2 is 1.80 bits per heavy atom. The summed E-state index contributed by atoms with van der Waals surface area (Å²) in [5.74, 6) is 0.413. The van der Waals surface area contributed by atoms with Crippen molar-refractivity contribution in [2.45, 2.75) is 20.3 Å². The maximum atomic E-state index is 12.0. The average Bonchev–Trinajstić information content (AvgIpc) is 3.09. The van der Waals surface area contributed by atoms with E-state index >= 15 is 0 Å². The number of amides is 1. The number of anilines is 1. The van der Waals surface area contributed by atoms with Crippen molar-refractivity contribution in [3.63, 3.8) is 0 Å². The first-order chi connectivity index (χ1) is 12.1. The summed E-state index contributed by atoms with van der Waals surface area (Å²) in [6, 6.07) is 15.7. The van der Waals surface area contributed by atoms with Gasteiger partial charge >= 0.3 is 0 Å². The van der Waals surface area contributed by atoms with Gasteiger partial charge in [0.1, 0.15) is 10.8 Å². The Balaban J connectivity index is 1.55. The number of carbonyl (C=O) groups is 1. The molecule has 25 heavy (non-hydrogen) atoms. The number of hydrogen-bond acceptors (Lipinski definition) is 5. The van der Waals surface area contributed by atoms with Crippen LogP contribution in [0.2, 0.25) is 0 Å². The Morgan fingerprint density at radius 3 is 2.48 bits per heavy atom. The molecule has 3 aromatic rings. The quantitative estimate of drug-likeness (QED) is 0.725. The van der Waals surface area contributed by atoms with E-state index in [0.717, 1.165) is 17.0 Å². The van der Waals surface area contributed by atoms with Gasteiger partial charge in [-0.3, -0.25) is 10.1 Å². The van der Waals surface area contributed by atoms with E-state index in [9.17, 15) is 4.79 Å². The summed E-state index contributed by atoms with van der Waals surface area (Å²) >= 11 is 1.34. The molecule has 0 radical (unpaired) electrons. The van der Waals surface area contributed by atoms with Crippen molar-refractivity contribution in [2.24, 2.45) is 0 Å². The summed E-state index contributed by atoms with van der Waals surface area (Å²) in [5, 5.41) is 12.1. The van der Waals surface area contributed by atoms with Crippen LogP contribution in [0.4, 0.5) is 5.13 Å². The number of aryl methyl sites for hydroxylation is 2. The van der Waals surface area contributed by atoms with Gasteiger partial charge in [-0.1, -0.05) is 60.2 Å². The fourth-order valence-corrected chi connectivity index (χ4v) is 2.98. The van der Waals surface area contributed by atoms with Gasteiger partial charge < -0.3 is 4.74 Å². The van der Waals surface area contributed by atoms with E-state index < -0.39 is 0 Å². The van der Waals surface area contributed by atoms with Gasteiger partial charge in [0.2, 0.25) is 5.13 Å². The van der Waals surface area contributed by atoms with Crippen molar-refractivity contribution in [3.05, 3.63) is 59.7 Å².